The number of hydrogen-bond donors (Lipinski definition) is 1. The Morgan fingerprint density at radius 2 is 2.07 bits per heavy atom. The van der Waals surface area contributed by atoms with Gasteiger partial charge in [-0.2, -0.15) is 0 Å². The Labute approximate surface area is 101 Å². The number of hydrogen-bond acceptors (Lipinski definition) is 2. The first-order valence-electron chi connectivity index (χ1n) is 5.18. The third-order valence-corrected chi connectivity index (χ3v) is 4.11. The Morgan fingerprint density at radius 1 is 1.40 bits per heavy atom. The molecule has 0 bridgehead atoms. The second-order valence-corrected chi connectivity index (χ2v) is 5.59. The van der Waals surface area contributed by atoms with Crippen LogP contribution in [0, 0.1) is 0 Å². The molecule has 1 aromatic carbocycles. The molecule has 0 heterocycles. The van der Waals surface area contributed by atoms with E-state index in [2.05, 4.69) is 13.8 Å². The summed E-state index contributed by atoms with van der Waals surface area (Å²) in [5, 5.41) is 10.7. The van der Waals surface area contributed by atoms with Crippen LogP contribution in [-0.2, 0) is 0 Å². The number of rotatable bonds is 4. The molecule has 0 aliphatic heterocycles. The molecule has 1 nitrogen and oxygen atoms in total. The van der Waals surface area contributed by atoms with Gasteiger partial charge >= 0.3 is 0 Å². The van der Waals surface area contributed by atoms with Crippen molar-refractivity contribution in [3.63, 3.8) is 0 Å². The fraction of sp³-hybridized carbons (Fsp3) is 0.500. The fourth-order valence-corrected chi connectivity index (χ4v) is 2.41. The van der Waals surface area contributed by atoms with E-state index in [0.717, 1.165) is 21.9 Å². The first-order chi connectivity index (χ1) is 7.04. The van der Waals surface area contributed by atoms with E-state index in [4.69, 9.17) is 11.6 Å². The van der Waals surface area contributed by atoms with E-state index < -0.39 is 6.10 Å². The molecule has 0 radical (unpaired) electrons. The van der Waals surface area contributed by atoms with Gasteiger partial charge in [-0.25, -0.2) is 0 Å². The molecule has 3 heteroatoms. The molecule has 2 atom stereocenters. The van der Waals surface area contributed by atoms with Crippen molar-refractivity contribution in [1.29, 1.82) is 0 Å². The minimum Gasteiger partial charge on any atom is -0.389 e. The van der Waals surface area contributed by atoms with Crippen LogP contribution < -0.4 is 0 Å². The lowest BCUT2D eigenvalue weighted by molar-refractivity contribution is 0.199. The van der Waals surface area contributed by atoms with E-state index in [-0.39, 0.29) is 0 Å². The zero-order valence-electron chi connectivity index (χ0n) is 9.33. The Morgan fingerprint density at radius 3 is 2.53 bits per heavy atom. The Hall–Kier alpha value is -0.180. The highest BCUT2D eigenvalue weighted by molar-refractivity contribution is 8.00. The Balaban J connectivity index is 2.83. The first kappa shape index (κ1) is 12.9. The molecule has 1 aromatic rings. The van der Waals surface area contributed by atoms with E-state index in [0.29, 0.717) is 5.25 Å². The van der Waals surface area contributed by atoms with Crippen molar-refractivity contribution >= 4 is 23.4 Å². The first-order valence-corrected chi connectivity index (χ1v) is 6.44. The molecule has 0 saturated heterocycles. The highest BCUT2D eigenvalue weighted by Crippen LogP contribution is 2.33. The lowest BCUT2D eigenvalue weighted by atomic mass is 10.1. The smallest absolute Gasteiger partial charge is 0.0762 e. The van der Waals surface area contributed by atoms with Crippen molar-refractivity contribution < 1.29 is 5.11 Å². The Kier molecular flexibility index (Phi) is 4.97. The number of thioether (sulfide) groups is 1. The van der Waals surface area contributed by atoms with Gasteiger partial charge < -0.3 is 5.11 Å². The van der Waals surface area contributed by atoms with E-state index in [1.807, 2.05) is 18.2 Å². The van der Waals surface area contributed by atoms with Crippen LogP contribution in [0.5, 0.6) is 0 Å². The van der Waals surface area contributed by atoms with Gasteiger partial charge in [-0.1, -0.05) is 31.5 Å². The lowest BCUT2D eigenvalue weighted by Crippen LogP contribution is -1.94. The summed E-state index contributed by atoms with van der Waals surface area (Å²) in [6.07, 6.45) is 0.671. The zero-order valence-corrected chi connectivity index (χ0v) is 10.9. The van der Waals surface area contributed by atoms with E-state index in [1.165, 1.54) is 0 Å². The van der Waals surface area contributed by atoms with Crippen LogP contribution in [0.1, 0.15) is 38.9 Å². The lowest BCUT2D eigenvalue weighted by Gasteiger charge is -2.11. The van der Waals surface area contributed by atoms with Crippen molar-refractivity contribution in [2.24, 2.45) is 0 Å². The number of benzene rings is 1. The highest BCUT2D eigenvalue weighted by Gasteiger charge is 2.08. The zero-order chi connectivity index (χ0) is 11.4. The maximum Gasteiger partial charge on any atom is 0.0762 e. The summed E-state index contributed by atoms with van der Waals surface area (Å²) in [4.78, 5) is 1.09. The van der Waals surface area contributed by atoms with Crippen LogP contribution >= 0.6 is 23.4 Å². The molecule has 0 saturated carbocycles. The summed E-state index contributed by atoms with van der Waals surface area (Å²) in [5.74, 6) is 0. The molecule has 0 aliphatic rings. The highest BCUT2D eigenvalue weighted by atomic mass is 35.5. The minimum atomic E-state index is -0.454. The van der Waals surface area contributed by atoms with Crippen molar-refractivity contribution in [2.45, 2.75) is 43.4 Å². The fourth-order valence-electron chi connectivity index (χ4n) is 1.17. The molecule has 2 unspecified atom stereocenters. The molecule has 0 aliphatic carbocycles. The summed E-state index contributed by atoms with van der Waals surface area (Å²) in [6.45, 7) is 6.09. The number of aliphatic hydroxyl groups excluding tert-OH is 1. The topological polar surface area (TPSA) is 20.2 Å². The molecule has 0 aromatic heterocycles. The second kappa shape index (κ2) is 5.78. The largest absolute Gasteiger partial charge is 0.389 e. The third-order valence-electron chi connectivity index (χ3n) is 2.34. The number of aliphatic hydroxyl groups is 1. The molecule has 0 fully saturated rings. The van der Waals surface area contributed by atoms with E-state index in [1.54, 1.807) is 18.7 Å². The van der Waals surface area contributed by atoms with Gasteiger partial charge in [0.15, 0.2) is 0 Å². The molecule has 0 amide bonds. The van der Waals surface area contributed by atoms with Gasteiger partial charge in [0.05, 0.1) is 11.1 Å². The Bertz CT molecular complexity index is 325. The molecule has 0 spiro atoms. The normalized spacial score (nSPS) is 15.0. The van der Waals surface area contributed by atoms with Crippen LogP contribution in [0.2, 0.25) is 5.02 Å². The van der Waals surface area contributed by atoms with Crippen molar-refractivity contribution in [1.82, 2.24) is 0 Å². The van der Waals surface area contributed by atoms with Gasteiger partial charge in [0.1, 0.15) is 0 Å². The SMILES string of the molecule is CCC(C)Sc1ccc(C(C)O)cc1Cl. The van der Waals surface area contributed by atoms with Crippen LogP contribution in [0.4, 0.5) is 0 Å². The van der Waals surface area contributed by atoms with Gasteiger partial charge in [-0.05, 0) is 31.0 Å². The predicted octanol–water partition coefficient (Wildman–Crippen LogP) is 4.28. The van der Waals surface area contributed by atoms with Gasteiger partial charge in [0.25, 0.3) is 0 Å². The third kappa shape index (κ3) is 3.71. The van der Waals surface area contributed by atoms with Crippen molar-refractivity contribution in [2.75, 3.05) is 0 Å². The average Bonchev–Trinajstić information content (AvgIpc) is 2.20. The molecular weight excluding hydrogens is 228 g/mol. The number of halogens is 1. The second-order valence-electron chi connectivity index (χ2n) is 3.70. The van der Waals surface area contributed by atoms with Crippen LogP contribution in [-0.4, -0.2) is 10.4 Å². The monoisotopic (exact) mass is 244 g/mol. The van der Waals surface area contributed by atoms with Gasteiger partial charge in [-0.15, -0.1) is 11.8 Å². The van der Waals surface area contributed by atoms with Crippen molar-refractivity contribution in [3.05, 3.63) is 28.8 Å². The average molecular weight is 245 g/mol. The quantitative estimate of drug-likeness (QED) is 0.798. The van der Waals surface area contributed by atoms with E-state index >= 15 is 0 Å². The summed E-state index contributed by atoms with van der Waals surface area (Å²) in [6, 6.07) is 5.76. The predicted molar refractivity (Wildman–Crippen MR) is 67.7 cm³/mol. The molecule has 15 heavy (non-hydrogen) atoms. The van der Waals surface area contributed by atoms with Crippen LogP contribution in [0.3, 0.4) is 0 Å². The molecular formula is C12H17ClOS. The molecule has 84 valence electrons. The van der Waals surface area contributed by atoms with Crippen molar-refractivity contribution in [3.8, 4) is 0 Å². The van der Waals surface area contributed by atoms with Gasteiger partial charge in [0.2, 0.25) is 0 Å². The van der Waals surface area contributed by atoms with Gasteiger partial charge in [0, 0.05) is 10.1 Å². The van der Waals surface area contributed by atoms with E-state index in [9.17, 15) is 5.11 Å². The molecule has 1 N–H and O–H groups in total. The van der Waals surface area contributed by atoms with Gasteiger partial charge in [-0.3, -0.25) is 0 Å². The summed E-state index contributed by atoms with van der Waals surface area (Å²) >= 11 is 7.92. The maximum atomic E-state index is 9.40. The van der Waals surface area contributed by atoms with Crippen LogP contribution in [0.15, 0.2) is 23.1 Å². The maximum absolute atomic E-state index is 9.40. The summed E-state index contributed by atoms with van der Waals surface area (Å²) in [5.41, 5.74) is 0.869. The summed E-state index contributed by atoms with van der Waals surface area (Å²) in [7, 11) is 0. The minimum absolute atomic E-state index is 0.454. The standard InChI is InChI=1S/C12H17ClOS/c1-4-8(2)15-12-6-5-10(9(3)14)7-11(12)13/h5-9,14H,4H2,1-3H3. The summed E-state index contributed by atoms with van der Waals surface area (Å²) < 4.78 is 0. The molecule has 1 rings (SSSR count). The van der Waals surface area contributed by atoms with Crippen LogP contribution in [0.25, 0.3) is 0 Å².